The van der Waals surface area contributed by atoms with Crippen molar-refractivity contribution in [3.05, 3.63) is 35.9 Å². The van der Waals surface area contributed by atoms with E-state index in [9.17, 15) is 14.4 Å². The molecule has 0 unspecified atom stereocenters. The zero-order valence-corrected chi connectivity index (χ0v) is 19.0. The Morgan fingerprint density at radius 1 is 0.909 bits per heavy atom. The van der Waals surface area contributed by atoms with Crippen LogP contribution in [0.1, 0.15) is 37.7 Å². The number of guanidine groups is 2. The summed E-state index contributed by atoms with van der Waals surface area (Å²) >= 11 is 0. The summed E-state index contributed by atoms with van der Waals surface area (Å²) in [6.07, 6.45) is 1.94. The summed E-state index contributed by atoms with van der Waals surface area (Å²) in [5.41, 5.74) is 13.8. The van der Waals surface area contributed by atoms with Crippen molar-refractivity contribution in [2.45, 2.75) is 39.0 Å². The molecule has 1 aromatic carbocycles. The van der Waals surface area contributed by atoms with Crippen LogP contribution in [0, 0.1) is 6.92 Å². The summed E-state index contributed by atoms with van der Waals surface area (Å²) in [4.78, 5) is 38.5. The van der Waals surface area contributed by atoms with E-state index in [0.717, 1.165) is 12.8 Å². The number of hydrogen-bond acceptors (Lipinski definition) is 7. The fourth-order valence-electron chi connectivity index (χ4n) is 2.25. The lowest BCUT2D eigenvalue weighted by Crippen LogP contribution is -2.45. The second kappa shape index (κ2) is 18.9. The molecule has 0 saturated carbocycles. The van der Waals surface area contributed by atoms with Crippen LogP contribution in [0.25, 0.3) is 0 Å². The first-order valence-electron chi connectivity index (χ1n) is 10.4. The van der Waals surface area contributed by atoms with Gasteiger partial charge in [-0.15, -0.1) is 5.10 Å². The lowest BCUT2D eigenvalue weighted by Gasteiger charge is -2.07. The van der Waals surface area contributed by atoms with Crippen molar-refractivity contribution in [3.8, 4) is 0 Å². The molecule has 0 aliphatic rings. The predicted molar refractivity (Wildman–Crippen MR) is 128 cm³/mol. The van der Waals surface area contributed by atoms with E-state index >= 15 is 0 Å². The van der Waals surface area contributed by atoms with Gasteiger partial charge in [-0.05, 0) is 26.2 Å². The molecule has 0 radical (unpaired) electrons. The number of nitrogens with one attached hydrogen (secondary N) is 4. The van der Waals surface area contributed by atoms with Crippen molar-refractivity contribution in [2.75, 3.05) is 19.6 Å². The first-order valence-corrected chi connectivity index (χ1v) is 10.4. The third kappa shape index (κ3) is 18.6. The highest BCUT2D eigenvalue weighted by atomic mass is 16.2. The molecule has 0 bridgehead atoms. The highest BCUT2D eigenvalue weighted by Gasteiger charge is 2.08. The van der Waals surface area contributed by atoms with E-state index in [0.29, 0.717) is 19.5 Å². The smallest absolute Gasteiger partial charge is 0.239 e. The van der Waals surface area contributed by atoms with E-state index in [-0.39, 0.29) is 43.1 Å². The molecule has 0 saturated heterocycles. The molecule has 1 aromatic rings. The van der Waals surface area contributed by atoms with Crippen LogP contribution in [0.2, 0.25) is 0 Å². The van der Waals surface area contributed by atoms with Crippen LogP contribution in [-0.4, -0.2) is 49.3 Å². The minimum absolute atomic E-state index is 0.0400. The van der Waals surface area contributed by atoms with Crippen LogP contribution in [0.15, 0.2) is 40.4 Å². The van der Waals surface area contributed by atoms with Crippen LogP contribution >= 0.6 is 0 Å². The Balaban J connectivity index is 0.00000123. The molecule has 0 aliphatic carbocycles. The Bertz CT molecular complexity index is 765. The SMILES string of the molecule is Cc1ccccc1.N/N=C(\NN)NC(=O)CCCC(=O)NCC(=O)NCCCCN=C(N)N. The number of carbonyl (C=O) groups excluding carboxylic acids is 3. The van der Waals surface area contributed by atoms with Crippen molar-refractivity contribution in [3.63, 3.8) is 0 Å². The second-order valence-electron chi connectivity index (χ2n) is 6.82. The lowest BCUT2D eigenvalue weighted by molar-refractivity contribution is -0.126. The predicted octanol–water partition coefficient (Wildman–Crippen LogP) is -1.75. The first kappa shape index (κ1) is 29.1. The third-order valence-electron chi connectivity index (χ3n) is 3.92. The number of carbonyl (C=O) groups is 3. The molecule has 0 heterocycles. The molecule has 0 aromatic heterocycles. The molecule has 0 spiro atoms. The van der Waals surface area contributed by atoms with Crippen molar-refractivity contribution in [1.29, 1.82) is 0 Å². The lowest BCUT2D eigenvalue weighted by atomic mass is 10.2. The number of nitrogens with zero attached hydrogens (tertiary/aromatic N) is 2. The molecule has 0 fully saturated rings. The fourth-order valence-corrected chi connectivity index (χ4v) is 2.25. The van der Waals surface area contributed by atoms with Gasteiger partial charge in [0.25, 0.3) is 0 Å². The summed E-state index contributed by atoms with van der Waals surface area (Å²) in [6.45, 7) is 2.93. The molecule has 0 atom stereocenters. The Labute approximate surface area is 193 Å². The molecular weight excluding hydrogens is 428 g/mol. The molecule has 3 amide bonds. The number of amides is 3. The van der Waals surface area contributed by atoms with Gasteiger partial charge in [0.05, 0.1) is 6.54 Å². The maximum Gasteiger partial charge on any atom is 0.239 e. The van der Waals surface area contributed by atoms with Gasteiger partial charge in [0, 0.05) is 25.9 Å². The Morgan fingerprint density at radius 2 is 1.58 bits per heavy atom. The molecule has 184 valence electrons. The number of aryl methyl sites for hydroxylation is 1. The fraction of sp³-hybridized carbons (Fsp3) is 0.450. The van der Waals surface area contributed by atoms with E-state index in [1.54, 1.807) is 0 Å². The van der Waals surface area contributed by atoms with Crippen LogP contribution < -0.4 is 44.5 Å². The Kier molecular flexibility index (Phi) is 16.7. The zero-order chi connectivity index (χ0) is 24.9. The molecule has 12 N–H and O–H groups in total. The summed E-state index contributed by atoms with van der Waals surface area (Å²) in [5.74, 6) is 8.96. The van der Waals surface area contributed by atoms with Crippen LogP contribution in [0.5, 0.6) is 0 Å². The van der Waals surface area contributed by atoms with Crippen molar-refractivity contribution >= 4 is 29.6 Å². The van der Waals surface area contributed by atoms with Crippen molar-refractivity contribution in [2.24, 2.45) is 33.2 Å². The number of benzene rings is 1. The quantitative estimate of drug-likeness (QED) is 0.0613. The highest BCUT2D eigenvalue weighted by molar-refractivity contribution is 5.96. The van der Waals surface area contributed by atoms with E-state index < -0.39 is 5.91 Å². The van der Waals surface area contributed by atoms with Gasteiger partial charge in [-0.3, -0.25) is 30.1 Å². The average molecular weight is 465 g/mol. The topological polar surface area (TPSA) is 228 Å². The minimum atomic E-state index is -0.390. The molecule has 33 heavy (non-hydrogen) atoms. The Hall–Kier alpha value is -3.87. The highest BCUT2D eigenvalue weighted by Crippen LogP contribution is 1.95. The number of hydrazone groups is 1. The summed E-state index contributed by atoms with van der Waals surface area (Å²) in [7, 11) is 0. The van der Waals surface area contributed by atoms with Gasteiger partial charge >= 0.3 is 0 Å². The third-order valence-corrected chi connectivity index (χ3v) is 3.92. The minimum Gasteiger partial charge on any atom is -0.370 e. The van der Waals surface area contributed by atoms with Crippen LogP contribution in [-0.2, 0) is 14.4 Å². The van der Waals surface area contributed by atoms with E-state index in [1.165, 1.54) is 5.56 Å². The van der Waals surface area contributed by atoms with E-state index in [4.69, 9.17) is 23.2 Å². The molecular formula is C20H36N10O3. The number of hydrazine groups is 1. The summed E-state index contributed by atoms with van der Waals surface area (Å²) < 4.78 is 0. The van der Waals surface area contributed by atoms with Gasteiger partial charge in [0.1, 0.15) is 0 Å². The van der Waals surface area contributed by atoms with Gasteiger partial charge in [-0.1, -0.05) is 35.9 Å². The maximum absolute atomic E-state index is 11.6. The summed E-state index contributed by atoms with van der Waals surface area (Å²) in [6, 6.07) is 10.3. The van der Waals surface area contributed by atoms with Crippen LogP contribution in [0.4, 0.5) is 0 Å². The molecule has 1 rings (SSSR count). The average Bonchev–Trinajstić information content (AvgIpc) is 2.79. The number of nitrogens with two attached hydrogens (primary N) is 4. The van der Waals surface area contributed by atoms with Gasteiger partial charge < -0.3 is 27.9 Å². The van der Waals surface area contributed by atoms with Gasteiger partial charge in [0.15, 0.2) is 5.96 Å². The number of hydrogen-bond donors (Lipinski definition) is 8. The van der Waals surface area contributed by atoms with Gasteiger partial charge in [0.2, 0.25) is 23.7 Å². The first-order chi connectivity index (χ1) is 15.8. The standard InChI is InChI=1S/C13H28N10O3.C7H8/c14-12(15)19-7-2-1-6-18-11(26)8-20-9(24)4-3-5-10(25)21-13(22-16)23-17;1-7-5-3-2-4-6-7/h1-8,16-17H2,(H,18,26)(H,20,24)(H4,14,15,19)(H2,21,22,23,25);2-6H,1H3. The number of rotatable bonds is 11. The number of unbranched alkanes of at least 4 members (excludes halogenated alkanes) is 1. The van der Waals surface area contributed by atoms with E-state index in [1.807, 2.05) is 18.2 Å². The molecule has 13 heteroatoms. The largest absolute Gasteiger partial charge is 0.370 e. The number of aliphatic imine (C=N–C) groups is 1. The van der Waals surface area contributed by atoms with Crippen LogP contribution in [0.3, 0.4) is 0 Å². The maximum atomic E-state index is 11.6. The normalized spacial score (nSPS) is 10.2. The monoisotopic (exact) mass is 464 g/mol. The van der Waals surface area contributed by atoms with Crippen molar-refractivity contribution < 1.29 is 14.4 Å². The Morgan fingerprint density at radius 3 is 2.12 bits per heavy atom. The second-order valence-corrected chi connectivity index (χ2v) is 6.82. The van der Waals surface area contributed by atoms with Gasteiger partial charge in [-0.25, -0.2) is 5.84 Å². The van der Waals surface area contributed by atoms with Gasteiger partial charge in [-0.2, -0.15) is 0 Å². The molecule has 13 nitrogen and oxygen atoms in total. The van der Waals surface area contributed by atoms with E-state index in [2.05, 4.69) is 50.5 Å². The summed E-state index contributed by atoms with van der Waals surface area (Å²) in [5, 5.41) is 10.6. The zero-order valence-electron chi connectivity index (χ0n) is 19.0. The van der Waals surface area contributed by atoms with Crippen molar-refractivity contribution in [1.82, 2.24) is 21.4 Å². The molecule has 0 aliphatic heterocycles.